The Labute approximate surface area is 119 Å². The van der Waals surface area contributed by atoms with Crippen molar-refractivity contribution < 1.29 is 14.7 Å². The maximum absolute atomic E-state index is 12.0. The number of rotatable bonds is 5. The molecule has 0 atom stereocenters. The number of hydrogen-bond donors (Lipinski definition) is 2. The van der Waals surface area contributed by atoms with Crippen LogP contribution in [0.4, 0.5) is 5.69 Å². The summed E-state index contributed by atoms with van der Waals surface area (Å²) in [5.41, 5.74) is 1.36. The van der Waals surface area contributed by atoms with E-state index in [1.54, 1.807) is 19.1 Å². The summed E-state index contributed by atoms with van der Waals surface area (Å²) < 4.78 is 0. The topological polar surface area (TPSA) is 66.4 Å². The van der Waals surface area contributed by atoms with E-state index < -0.39 is 5.97 Å². The van der Waals surface area contributed by atoms with Crippen LogP contribution in [-0.4, -0.2) is 17.0 Å². The average Bonchev–Trinajstić information content (AvgIpc) is 2.91. The predicted molar refractivity (Wildman–Crippen MR) is 78.0 cm³/mol. The largest absolute Gasteiger partial charge is 0.478 e. The Morgan fingerprint density at radius 1 is 1.30 bits per heavy atom. The number of amides is 1. The standard InChI is InChI=1S/C16H21NO3/c1-11-5-4-8-13(16(19)20)15(11)17-14(18)10-9-12-6-2-3-7-12/h4-5,8,12H,2-3,6-7,9-10H2,1H3,(H,17,18)(H,19,20). The first-order valence-electron chi connectivity index (χ1n) is 7.20. The first-order valence-corrected chi connectivity index (χ1v) is 7.20. The van der Waals surface area contributed by atoms with E-state index in [4.69, 9.17) is 5.11 Å². The summed E-state index contributed by atoms with van der Waals surface area (Å²) in [5, 5.41) is 11.9. The molecule has 0 radical (unpaired) electrons. The van der Waals surface area contributed by atoms with Crippen LogP contribution in [0.3, 0.4) is 0 Å². The summed E-state index contributed by atoms with van der Waals surface area (Å²) in [6.07, 6.45) is 6.36. The molecule has 1 aromatic carbocycles. The molecule has 0 heterocycles. The maximum atomic E-state index is 12.0. The van der Waals surface area contributed by atoms with E-state index in [1.165, 1.54) is 31.7 Å². The smallest absolute Gasteiger partial charge is 0.337 e. The molecule has 1 aromatic rings. The van der Waals surface area contributed by atoms with Crippen molar-refractivity contribution in [3.8, 4) is 0 Å². The van der Waals surface area contributed by atoms with Gasteiger partial charge in [-0.15, -0.1) is 0 Å². The van der Waals surface area contributed by atoms with Gasteiger partial charge in [0, 0.05) is 6.42 Å². The van der Waals surface area contributed by atoms with Crippen LogP contribution in [0, 0.1) is 12.8 Å². The lowest BCUT2D eigenvalue weighted by molar-refractivity contribution is -0.116. The second-order valence-electron chi connectivity index (χ2n) is 5.54. The molecule has 1 aliphatic carbocycles. The predicted octanol–water partition coefficient (Wildman–Crippen LogP) is 3.60. The zero-order valence-electron chi connectivity index (χ0n) is 11.8. The second kappa shape index (κ2) is 6.55. The van der Waals surface area contributed by atoms with Crippen LogP contribution in [0.25, 0.3) is 0 Å². The number of aryl methyl sites for hydroxylation is 1. The molecule has 4 heteroatoms. The van der Waals surface area contributed by atoms with E-state index in [-0.39, 0.29) is 11.5 Å². The normalized spacial score (nSPS) is 15.2. The van der Waals surface area contributed by atoms with Crippen LogP contribution in [0.1, 0.15) is 54.4 Å². The number of hydrogen-bond acceptors (Lipinski definition) is 2. The lowest BCUT2D eigenvalue weighted by Gasteiger charge is -2.13. The zero-order chi connectivity index (χ0) is 14.5. The van der Waals surface area contributed by atoms with Crippen molar-refractivity contribution in [3.05, 3.63) is 29.3 Å². The number of carbonyl (C=O) groups excluding carboxylic acids is 1. The summed E-state index contributed by atoms with van der Waals surface area (Å²) in [7, 11) is 0. The third-order valence-electron chi connectivity index (χ3n) is 4.02. The SMILES string of the molecule is Cc1cccc(C(=O)O)c1NC(=O)CCC1CCCC1. The van der Waals surface area contributed by atoms with Gasteiger partial charge in [-0.25, -0.2) is 4.79 Å². The molecule has 0 aliphatic heterocycles. The van der Waals surface area contributed by atoms with Crippen molar-refractivity contribution in [1.29, 1.82) is 0 Å². The number of carboxylic acid groups (broad SMARTS) is 1. The van der Waals surface area contributed by atoms with Crippen LogP contribution in [-0.2, 0) is 4.79 Å². The third kappa shape index (κ3) is 3.59. The average molecular weight is 275 g/mol. The van der Waals surface area contributed by atoms with Gasteiger partial charge < -0.3 is 10.4 Å². The van der Waals surface area contributed by atoms with Gasteiger partial charge in [-0.05, 0) is 30.9 Å². The molecule has 2 rings (SSSR count). The first kappa shape index (κ1) is 14.6. The van der Waals surface area contributed by atoms with Crippen LogP contribution in [0.5, 0.6) is 0 Å². The van der Waals surface area contributed by atoms with Crippen molar-refractivity contribution in [3.63, 3.8) is 0 Å². The molecule has 0 aromatic heterocycles. The molecular weight excluding hydrogens is 254 g/mol. The molecule has 4 nitrogen and oxygen atoms in total. The molecule has 1 aliphatic rings. The van der Waals surface area contributed by atoms with Gasteiger partial charge in [-0.1, -0.05) is 37.8 Å². The number of carbonyl (C=O) groups is 2. The summed E-state index contributed by atoms with van der Waals surface area (Å²) >= 11 is 0. The van der Waals surface area contributed by atoms with Gasteiger partial charge in [0.1, 0.15) is 0 Å². The Balaban J connectivity index is 1.98. The molecule has 108 valence electrons. The first-order chi connectivity index (χ1) is 9.58. The van der Waals surface area contributed by atoms with Gasteiger partial charge in [0.15, 0.2) is 0 Å². The van der Waals surface area contributed by atoms with Crippen LogP contribution in [0.15, 0.2) is 18.2 Å². The van der Waals surface area contributed by atoms with Crippen LogP contribution < -0.4 is 5.32 Å². The summed E-state index contributed by atoms with van der Waals surface area (Å²) in [6, 6.07) is 5.01. The van der Waals surface area contributed by atoms with Crippen molar-refractivity contribution in [2.75, 3.05) is 5.32 Å². The molecule has 2 N–H and O–H groups in total. The minimum Gasteiger partial charge on any atom is -0.478 e. The monoisotopic (exact) mass is 275 g/mol. The highest BCUT2D eigenvalue weighted by Gasteiger charge is 2.18. The van der Waals surface area contributed by atoms with Crippen molar-refractivity contribution in [2.45, 2.75) is 45.4 Å². The Hall–Kier alpha value is -1.84. The van der Waals surface area contributed by atoms with Gasteiger partial charge >= 0.3 is 5.97 Å². The van der Waals surface area contributed by atoms with Crippen molar-refractivity contribution in [1.82, 2.24) is 0 Å². The Morgan fingerprint density at radius 2 is 2.00 bits per heavy atom. The summed E-state index contributed by atoms with van der Waals surface area (Å²) in [6.45, 7) is 1.80. The summed E-state index contributed by atoms with van der Waals surface area (Å²) in [4.78, 5) is 23.2. The lowest BCUT2D eigenvalue weighted by Crippen LogP contribution is -2.16. The van der Waals surface area contributed by atoms with E-state index in [0.29, 0.717) is 18.0 Å². The fraction of sp³-hybridized carbons (Fsp3) is 0.500. The van der Waals surface area contributed by atoms with E-state index in [0.717, 1.165) is 12.0 Å². The van der Waals surface area contributed by atoms with E-state index >= 15 is 0 Å². The number of carboxylic acids is 1. The lowest BCUT2D eigenvalue weighted by atomic mass is 10.0. The maximum Gasteiger partial charge on any atom is 0.337 e. The van der Waals surface area contributed by atoms with E-state index in [9.17, 15) is 9.59 Å². The Bertz CT molecular complexity index is 504. The minimum atomic E-state index is -1.01. The van der Waals surface area contributed by atoms with Crippen LogP contribution in [0.2, 0.25) is 0 Å². The molecule has 1 fully saturated rings. The highest BCUT2D eigenvalue weighted by Crippen LogP contribution is 2.29. The van der Waals surface area contributed by atoms with Crippen molar-refractivity contribution in [2.24, 2.45) is 5.92 Å². The van der Waals surface area contributed by atoms with Gasteiger partial charge in [-0.2, -0.15) is 0 Å². The number of benzene rings is 1. The third-order valence-corrected chi connectivity index (χ3v) is 4.02. The number of anilines is 1. The van der Waals surface area contributed by atoms with Crippen LogP contribution >= 0.6 is 0 Å². The summed E-state index contributed by atoms with van der Waals surface area (Å²) in [5.74, 6) is -0.440. The van der Waals surface area contributed by atoms with Gasteiger partial charge in [0.2, 0.25) is 5.91 Å². The zero-order valence-corrected chi connectivity index (χ0v) is 11.8. The number of para-hydroxylation sites is 1. The van der Waals surface area contributed by atoms with Gasteiger partial charge in [0.05, 0.1) is 11.3 Å². The molecule has 0 bridgehead atoms. The Morgan fingerprint density at radius 3 is 2.65 bits per heavy atom. The van der Waals surface area contributed by atoms with E-state index in [2.05, 4.69) is 5.32 Å². The van der Waals surface area contributed by atoms with Gasteiger partial charge in [0.25, 0.3) is 0 Å². The van der Waals surface area contributed by atoms with Gasteiger partial charge in [-0.3, -0.25) is 4.79 Å². The molecule has 1 saturated carbocycles. The number of aromatic carboxylic acids is 1. The fourth-order valence-corrected chi connectivity index (χ4v) is 2.85. The molecule has 0 unspecified atom stereocenters. The Kier molecular flexibility index (Phi) is 4.77. The highest BCUT2D eigenvalue weighted by molar-refractivity contribution is 6.01. The molecule has 1 amide bonds. The highest BCUT2D eigenvalue weighted by atomic mass is 16.4. The molecule has 20 heavy (non-hydrogen) atoms. The molecule has 0 saturated heterocycles. The number of nitrogens with one attached hydrogen (secondary N) is 1. The quantitative estimate of drug-likeness (QED) is 0.862. The molecule has 0 spiro atoms. The van der Waals surface area contributed by atoms with E-state index in [1.807, 2.05) is 0 Å². The second-order valence-corrected chi connectivity index (χ2v) is 5.54. The molecular formula is C16H21NO3. The van der Waals surface area contributed by atoms with Crippen molar-refractivity contribution >= 4 is 17.6 Å². The minimum absolute atomic E-state index is 0.0892. The fourth-order valence-electron chi connectivity index (χ4n) is 2.85.